The zero-order valence-corrected chi connectivity index (χ0v) is 17.0. The second-order valence-corrected chi connectivity index (χ2v) is 6.25. The number of hydrogen-bond acceptors (Lipinski definition) is 6. The predicted octanol–water partition coefficient (Wildman–Crippen LogP) is 5.99. The summed E-state index contributed by atoms with van der Waals surface area (Å²) in [4.78, 5) is 0. The first-order chi connectivity index (χ1) is 14.6. The molecule has 3 aromatic carbocycles. The van der Waals surface area contributed by atoms with E-state index >= 15 is 0 Å². The minimum atomic E-state index is 0.141. The Labute approximate surface area is 176 Å². The molecule has 0 aliphatic rings. The van der Waals surface area contributed by atoms with Crippen LogP contribution >= 0.6 is 0 Å². The molecule has 0 atom stereocenters. The van der Waals surface area contributed by atoms with Gasteiger partial charge in [0.25, 0.3) is 0 Å². The minimum Gasteiger partial charge on any atom is -0.478 e. The van der Waals surface area contributed by atoms with Crippen LogP contribution in [0.25, 0.3) is 0 Å². The van der Waals surface area contributed by atoms with E-state index in [1.807, 2.05) is 32.0 Å². The lowest BCUT2D eigenvalue weighted by molar-refractivity contribution is 0.325. The molecule has 3 rings (SSSR count). The summed E-state index contributed by atoms with van der Waals surface area (Å²) in [7, 11) is 0. The Balaban J connectivity index is 1.65. The normalized spacial score (nSPS) is 10.2. The summed E-state index contributed by atoms with van der Waals surface area (Å²) in [5.41, 5.74) is 1.39. The molecule has 30 heavy (non-hydrogen) atoms. The summed E-state index contributed by atoms with van der Waals surface area (Å²) in [5.74, 6) is 2.85. The Morgan fingerprint density at radius 3 is 1.37 bits per heavy atom. The fraction of sp³-hybridized carbons (Fsp3) is 0.167. The molecular formula is C24H24N2O4. The highest BCUT2D eigenvalue weighted by Gasteiger charge is 2.06. The highest BCUT2D eigenvalue weighted by molar-refractivity contribution is 5.92. The molecule has 0 spiro atoms. The zero-order chi connectivity index (χ0) is 21.3. The Morgan fingerprint density at radius 2 is 1.00 bits per heavy atom. The van der Waals surface area contributed by atoms with E-state index in [-0.39, 0.29) is 11.8 Å². The quantitative estimate of drug-likeness (QED) is 0.356. The standard InChI is InChI=1S/C24H24N2O4/c1-3-27-23(25)17-8-12-19(13-9-17)29-21-6-5-7-22(16-21)30-20-14-10-18(11-15-20)24(26)28-4-2/h5-16,25-26H,3-4H2,1-2H3. The van der Waals surface area contributed by atoms with Gasteiger partial charge in [0.1, 0.15) is 23.0 Å². The van der Waals surface area contributed by atoms with Gasteiger partial charge in [0.05, 0.1) is 13.2 Å². The van der Waals surface area contributed by atoms with E-state index in [2.05, 4.69) is 0 Å². The molecule has 0 aromatic heterocycles. The van der Waals surface area contributed by atoms with E-state index in [0.717, 1.165) is 0 Å². The van der Waals surface area contributed by atoms with Crippen molar-refractivity contribution < 1.29 is 18.9 Å². The summed E-state index contributed by atoms with van der Waals surface area (Å²) in [6.07, 6.45) is 0. The van der Waals surface area contributed by atoms with Gasteiger partial charge in [0, 0.05) is 17.2 Å². The first-order valence-corrected chi connectivity index (χ1v) is 9.68. The van der Waals surface area contributed by atoms with Crippen LogP contribution in [0.5, 0.6) is 23.0 Å². The van der Waals surface area contributed by atoms with Crippen molar-refractivity contribution in [2.75, 3.05) is 13.2 Å². The Morgan fingerprint density at radius 1 is 0.600 bits per heavy atom. The van der Waals surface area contributed by atoms with Gasteiger partial charge < -0.3 is 18.9 Å². The SMILES string of the molecule is CCOC(=N)c1ccc(Oc2cccc(Oc3ccc(C(=N)OCC)cc3)c2)cc1. The molecule has 6 heteroatoms. The van der Waals surface area contributed by atoms with E-state index < -0.39 is 0 Å². The fourth-order valence-corrected chi connectivity index (χ4v) is 2.68. The smallest absolute Gasteiger partial charge is 0.213 e. The van der Waals surface area contributed by atoms with Crippen LogP contribution in [0.4, 0.5) is 0 Å². The summed E-state index contributed by atoms with van der Waals surface area (Å²) < 4.78 is 22.2. The van der Waals surface area contributed by atoms with Gasteiger partial charge in [-0.2, -0.15) is 0 Å². The summed E-state index contributed by atoms with van der Waals surface area (Å²) >= 11 is 0. The first-order valence-electron chi connectivity index (χ1n) is 9.68. The molecule has 0 aliphatic carbocycles. The van der Waals surface area contributed by atoms with Crippen molar-refractivity contribution in [1.29, 1.82) is 10.8 Å². The second kappa shape index (κ2) is 10.1. The third kappa shape index (κ3) is 5.61. The molecule has 6 nitrogen and oxygen atoms in total. The zero-order valence-electron chi connectivity index (χ0n) is 17.0. The largest absolute Gasteiger partial charge is 0.478 e. The number of nitrogens with one attached hydrogen (secondary N) is 2. The van der Waals surface area contributed by atoms with E-state index in [9.17, 15) is 0 Å². The lowest BCUT2D eigenvalue weighted by Gasteiger charge is -2.11. The van der Waals surface area contributed by atoms with Crippen LogP contribution in [-0.4, -0.2) is 25.0 Å². The number of ether oxygens (including phenoxy) is 4. The van der Waals surface area contributed by atoms with Crippen LogP contribution in [-0.2, 0) is 9.47 Å². The molecule has 154 valence electrons. The minimum absolute atomic E-state index is 0.141. The monoisotopic (exact) mass is 404 g/mol. The van der Waals surface area contributed by atoms with Crippen molar-refractivity contribution in [3.8, 4) is 23.0 Å². The van der Waals surface area contributed by atoms with Crippen LogP contribution < -0.4 is 9.47 Å². The van der Waals surface area contributed by atoms with E-state index in [4.69, 9.17) is 29.8 Å². The van der Waals surface area contributed by atoms with Gasteiger partial charge in [-0.15, -0.1) is 0 Å². The fourth-order valence-electron chi connectivity index (χ4n) is 2.68. The molecule has 0 amide bonds. The highest BCUT2D eigenvalue weighted by Crippen LogP contribution is 2.28. The molecule has 0 saturated carbocycles. The van der Waals surface area contributed by atoms with Gasteiger partial charge in [-0.1, -0.05) is 6.07 Å². The molecule has 0 heterocycles. The molecule has 3 aromatic rings. The predicted molar refractivity (Wildman–Crippen MR) is 116 cm³/mol. The Hall–Kier alpha value is -3.80. The van der Waals surface area contributed by atoms with E-state index in [0.29, 0.717) is 47.3 Å². The number of hydrogen-bond donors (Lipinski definition) is 2. The Kier molecular flexibility index (Phi) is 7.05. The maximum absolute atomic E-state index is 7.82. The maximum atomic E-state index is 7.82. The second-order valence-electron chi connectivity index (χ2n) is 6.25. The maximum Gasteiger partial charge on any atom is 0.213 e. The molecule has 0 saturated heterocycles. The van der Waals surface area contributed by atoms with Crippen molar-refractivity contribution in [2.24, 2.45) is 0 Å². The summed E-state index contributed by atoms with van der Waals surface area (Å²) in [6, 6.07) is 21.7. The lowest BCUT2D eigenvalue weighted by atomic mass is 10.2. The van der Waals surface area contributed by atoms with E-state index in [1.165, 1.54) is 0 Å². The average Bonchev–Trinajstić information content (AvgIpc) is 2.75. The third-order valence-corrected chi connectivity index (χ3v) is 4.09. The van der Waals surface area contributed by atoms with E-state index in [1.54, 1.807) is 54.6 Å². The molecule has 0 bridgehead atoms. The van der Waals surface area contributed by atoms with Gasteiger partial charge in [-0.3, -0.25) is 10.8 Å². The van der Waals surface area contributed by atoms with Gasteiger partial charge in [-0.05, 0) is 74.5 Å². The topological polar surface area (TPSA) is 84.6 Å². The lowest BCUT2D eigenvalue weighted by Crippen LogP contribution is -2.04. The van der Waals surface area contributed by atoms with Crippen LogP contribution in [0.1, 0.15) is 25.0 Å². The van der Waals surface area contributed by atoms with Crippen molar-refractivity contribution in [3.05, 3.63) is 83.9 Å². The van der Waals surface area contributed by atoms with Gasteiger partial charge in [0.15, 0.2) is 0 Å². The molecule has 0 unspecified atom stereocenters. The Bertz CT molecular complexity index is 920. The molecular weight excluding hydrogens is 380 g/mol. The number of benzene rings is 3. The molecule has 0 radical (unpaired) electrons. The van der Waals surface area contributed by atoms with Crippen LogP contribution in [0, 0.1) is 10.8 Å². The van der Waals surface area contributed by atoms with Crippen molar-refractivity contribution in [1.82, 2.24) is 0 Å². The average molecular weight is 404 g/mol. The van der Waals surface area contributed by atoms with Crippen LogP contribution in [0.2, 0.25) is 0 Å². The van der Waals surface area contributed by atoms with Crippen LogP contribution in [0.15, 0.2) is 72.8 Å². The molecule has 0 fully saturated rings. The summed E-state index contributed by atoms with van der Waals surface area (Å²) in [6.45, 7) is 4.62. The third-order valence-electron chi connectivity index (χ3n) is 4.09. The van der Waals surface area contributed by atoms with Gasteiger partial charge in [-0.25, -0.2) is 0 Å². The van der Waals surface area contributed by atoms with Crippen molar-refractivity contribution in [2.45, 2.75) is 13.8 Å². The van der Waals surface area contributed by atoms with Gasteiger partial charge >= 0.3 is 0 Å². The number of rotatable bonds is 8. The molecule has 2 N–H and O–H groups in total. The van der Waals surface area contributed by atoms with Crippen molar-refractivity contribution >= 4 is 11.8 Å². The highest BCUT2D eigenvalue weighted by atomic mass is 16.5. The first kappa shape index (κ1) is 20.9. The van der Waals surface area contributed by atoms with Gasteiger partial charge in [0.2, 0.25) is 11.8 Å². The van der Waals surface area contributed by atoms with Crippen LogP contribution in [0.3, 0.4) is 0 Å². The molecule has 0 aliphatic heterocycles. The summed E-state index contributed by atoms with van der Waals surface area (Å²) in [5, 5.41) is 15.6. The van der Waals surface area contributed by atoms with Crippen molar-refractivity contribution in [3.63, 3.8) is 0 Å².